The summed E-state index contributed by atoms with van der Waals surface area (Å²) >= 11 is -2.34. The quantitative estimate of drug-likeness (QED) is 0.213. The van der Waals surface area contributed by atoms with Crippen LogP contribution in [0.2, 0.25) is 16.7 Å². The molecule has 0 aliphatic heterocycles. The summed E-state index contributed by atoms with van der Waals surface area (Å²) in [6.45, 7) is 13.5. The number of hydrogen-bond acceptors (Lipinski definition) is 0. The van der Waals surface area contributed by atoms with Gasteiger partial charge in [-0.25, -0.2) is 0 Å². The molecular formula is C26H26F4SiZr. The topological polar surface area (TPSA) is 0 Å². The molecule has 0 saturated carbocycles. The Morgan fingerprint density at radius 1 is 0.812 bits per heavy atom. The van der Waals surface area contributed by atoms with Crippen molar-refractivity contribution in [3.8, 4) is 0 Å². The SMILES string of the molecule is CC1=C(C)[CH]([Zr]([CH]2C=C(c3c(F)c(F)cc(F)c3F)c3ccccc32)=[Si](C)C)C(C)=C1C. The average Bonchev–Trinajstić information content (AvgIpc) is 3.20. The van der Waals surface area contributed by atoms with Crippen molar-refractivity contribution in [1.29, 1.82) is 0 Å². The zero-order chi connectivity index (χ0) is 23.5. The van der Waals surface area contributed by atoms with E-state index in [0.29, 0.717) is 9.19 Å². The summed E-state index contributed by atoms with van der Waals surface area (Å²) in [5.74, 6) is -5.38. The molecular weight excluding hydrogens is 508 g/mol. The van der Waals surface area contributed by atoms with E-state index in [1.54, 1.807) is 0 Å². The van der Waals surface area contributed by atoms with Crippen LogP contribution in [0.15, 0.2) is 58.7 Å². The molecule has 0 radical (unpaired) electrons. The summed E-state index contributed by atoms with van der Waals surface area (Å²) in [5.41, 5.74) is 6.32. The van der Waals surface area contributed by atoms with Gasteiger partial charge >= 0.3 is 196 Å². The maximum absolute atomic E-state index is 14.8. The van der Waals surface area contributed by atoms with Crippen molar-refractivity contribution in [3.63, 3.8) is 0 Å². The molecule has 0 bridgehead atoms. The molecule has 6 heteroatoms. The minimum atomic E-state index is -2.34. The summed E-state index contributed by atoms with van der Waals surface area (Å²) in [6.07, 6.45) is 1.93. The Morgan fingerprint density at radius 3 is 1.88 bits per heavy atom. The predicted octanol–water partition coefficient (Wildman–Crippen LogP) is 8.07. The molecule has 4 rings (SSSR count). The molecule has 2 aromatic rings. The van der Waals surface area contributed by atoms with E-state index >= 15 is 0 Å². The molecule has 2 aliphatic rings. The van der Waals surface area contributed by atoms with Gasteiger partial charge in [0.25, 0.3) is 0 Å². The van der Waals surface area contributed by atoms with Crippen LogP contribution in [0.1, 0.15) is 48.0 Å². The van der Waals surface area contributed by atoms with E-state index in [2.05, 4.69) is 40.8 Å². The summed E-state index contributed by atoms with van der Waals surface area (Å²) < 4.78 is 58.2. The van der Waals surface area contributed by atoms with Gasteiger partial charge in [0, 0.05) is 0 Å². The van der Waals surface area contributed by atoms with Gasteiger partial charge in [0.1, 0.15) is 0 Å². The molecule has 0 fully saturated rings. The molecule has 1 atom stereocenters. The fourth-order valence-electron chi connectivity index (χ4n) is 5.24. The number of hydrogen-bond donors (Lipinski definition) is 0. The Bertz CT molecular complexity index is 1230. The van der Waals surface area contributed by atoms with Gasteiger partial charge in [-0.15, -0.1) is 0 Å². The Labute approximate surface area is 195 Å². The molecule has 2 aliphatic carbocycles. The second-order valence-electron chi connectivity index (χ2n) is 8.99. The number of halogens is 4. The zero-order valence-corrected chi connectivity index (χ0v) is 22.6. The average molecular weight is 534 g/mol. The molecule has 0 N–H and O–H groups in total. The minimum absolute atomic E-state index is 0.103. The first-order valence-electron chi connectivity index (χ1n) is 10.7. The summed E-state index contributed by atoms with van der Waals surface area (Å²) in [5, 5.41) is 0. The van der Waals surface area contributed by atoms with Crippen LogP contribution < -0.4 is 0 Å². The molecule has 166 valence electrons. The molecule has 0 aromatic heterocycles. The van der Waals surface area contributed by atoms with E-state index < -0.39 is 54.6 Å². The van der Waals surface area contributed by atoms with Gasteiger partial charge in [0.05, 0.1) is 0 Å². The van der Waals surface area contributed by atoms with Crippen molar-refractivity contribution in [2.75, 3.05) is 0 Å². The van der Waals surface area contributed by atoms with Crippen molar-refractivity contribution in [1.82, 2.24) is 0 Å². The monoisotopic (exact) mass is 532 g/mol. The van der Waals surface area contributed by atoms with E-state index in [1.165, 1.54) is 22.3 Å². The molecule has 0 heterocycles. The molecule has 1 unspecified atom stereocenters. The second kappa shape index (κ2) is 8.68. The zero-order valence-electron chi connectivity index (χ0n) is 19.1. The van der Waals surface area contributed by atoms with Gasteiger partial charge in [-0.05, 0) is 0 Å². The van der Waals surface area contributed by atoms with E-state index in [4.69, 9.17) is 0 Å². The van der Waals surface area contributed by atoms with E-state index in [9.17, 15) is 17.6 Å². The first-order valence-corrected chi connectivity index (χ1v) is 19.8. The van der Waals surface area contributed by atoms with Crippen molar-refractivity contribution < 1.29 is 37.9 Å². The Morgan fingerprint density at radius 2 is 1.34 bits per heavy atom. The number of fused-ring (bicyclic) bond motifs is 1. The molecule has 0 spiro atoms. The van der Waals surface area contributed by atoms with Gasteiger partial charge in [-0.1, -0.05) is 0 Å². The third-order valence-electron chi connectivity index (χ3n) is 7.14. The molecule has 0 nitrogen and oxygen atoms in total. The van der Waals surface area contributed by atoms with Crippen molar-refractivity contribution >= 4 is 11.0 Å². The summed E-state index contributed by atoms with van der Waals surface area (Å²) in [6, 6.07) is 7.87. The van der Waals surface area contributed by atoms with Crippen molar-refractivity contribution in [2.24, 2.45) is 0 Å². The van der Waals surface area contributed by atoms with Gasteiger partial charge < -0.3 is 0 Å². The summed E-state index contributed by atoms with van der Waals surface area (Å²) in [4.78, 5) is 0. The third kappa shape index (κ3) is 3.58. The van der Waals surface area contributed by atoms with Crippen LogP contribution in [0.5, 0.6) is 0 Å². The van der Waals surface area contributed by atoms with Crippen LogP contribution in [0.4, 0.5) is 17.6 Å². The van der Waals surface area contributed by atoms with Crippen LogP contribution in [0.3, 0.4) is 0 Å². The number of rotatable bonds is 3. The predicted molar refractivity (Wildman–Crippen MR) is 121 cm³/mol. The van der Waals surface area contributed by atoms with Crippen LogP contribution >= 0.6 is 0 Å². The first-order chi connectivity index (χ1) is 15.1. The van der Waals surface area contributed by atoms with Crippen LogP contribution in [0, 0.1) is 23.3 Å². The van der Waals surface area contributed by atoms with Crippen LogP contribution in [-0.2, 0) is 20.4 Å². The van der Waals surface area contributed by atoms with Gasteiger partial charge in [-0.3, -0.25) is 0 Å². The molecule has 0 amide bonds. The maximum atomic E-state index is 14.8. The Hall–Kier alpha value is -1.52. The molecule has 2 aromatic carbocycles. The Balaban J connectivity index is 1.98. The summed E-state index contributed by atoms with van der Waals surface area (Å²) in [7, 11) is 0. The second-order valence-corrected chi connectivity index (χ2v) is 27.0. The normalized spacial score (nSPS) is 18.4. The number of benzene rings is 2. The molecule has 0 saturated heterocycles. The number of allylic oxidation sites excluding steroid dienone is 5. The fraction of sp³-hybridized carbons (Fsp3) is 0.308. The van der Waals surface area contributed by atoms with Crippen molar-refractivity contribution in [3.05, 3.63) is 98.7 Å². The fourth-order valence-corrected chi connectivity index (χ4v) is 25.8. The Kier molecular flexibility index (Phi) is 6.41. The van der Waals surface area contributed by atoms with Crippen molar-refractivity contribution in [2.45, 2.75) is 48.0 Å². The van der Waals surface area contributed by atoms with E-state index in [1.807, 2.05) is 30.3 Å². The first kappa shape index (κ1) is 23.6. The van der Waals surface area contributed by atoms with Gasteiger partial charge in [0.15, 0.2) is 0 Å². The van der Waals surface area contributed by atoms with Gasteiger partial charge in [0.2, 0.25) is 0 Å². The van der Waals surface area contributed by atoms with E-state index in [0.717, 1.165) is 5.56 Å². The van der Waals surface area contributed by atoms with Gasteiger partial charge in [-0.2, -0.15) is 0 Å². The van der Waals surface area contributed by atoms with Crippen LogP contribution in [0.25, 0.3) is 5.57 Å². The standard InChI is InChI=1S/C15H7F4.C9H13.C2H6Si.Zr/c16-11-7-12(17)15(19)13(14(11)18)10-6-5-8-3-1-2-4-9(8)10;1-6-5-7(2)9(4)8(6)3;1-3-2;/h1-7H;5H,1-4H3;1-2H3;. The van der Waals surface area contributed by atoms with Crippen LogP contribution in [-0.4, -0.2) is 5.43 Å². The van der Waals surface area contributed by atoms with E-state index in [-0.39, 0.29) is 15.3 Å². The third-order valence-corrected chi connectivity index (χ3v) is 26.8. The molecule has 32 heavy (non-hydrogen) atoms.